The Balaban J connectivity index is 2.26. The third-order valence-corrected chi connectivity index (χ3v) is 2.97. The van der Waals surface area contributed by atoms with Crippen molar-refractivity contribution >= 4 is 11.6 Å². The minimum absolute atomic E-state index is 0.581. The second kappa shape index (κ2) is 6.93. The van der Waals surface area contributed by atoms with Crippen LogP contribution in [0.5, 0.6) is 0 Å². The van der Waals surface area contributed by atoms with Crippen LogP contribution in [0.15, 0.2) is 24.3 Å². The maximum absolute atomic E-state index is 5.85. The van der Waals surface area contributed by atoms with E-state index >= 15 is 0 Å². The molecule has 1 aromatic carbocycles. The number of benzene rings is 1. The lowest BCUT2D eigenvalue weighted by molar-refractivity contribution is 0.454. The molecule has 0 radical (unpaired) electrons. The van der Waals surface area contributed by atoms with Gasteiger partial charge in [0.1, 0.15) is 0 Å². The number of hydrogen-bond donors (Lipinski definition) is 1. The molecule has 0 fully saturated rings. The van der Waals surface area contributed by atoms with Crippen molar-refractivity contribution in [1.29, 1.82) is 0 Å². The fourth-order valence-corrected chi connectivity index (χ4v) is 1.73. The molecule has 0 amide bonds. The van der Waals surface area contributed by atoms with Crippen LogP contribution < -0.4 is 5.32 Å². The van der Waals surface area contributed by atoms with Crippen molar-refractivity contribution in [2.24, 2.45) is 5.92 Å². The van der Waals surface area contributed by atoms with E-state index in [1.54, 1.807) is 0 Å². The molecule has 1 unspecified atom stereocenters. The molecule has 0 bridgehead atoms. The zero-order valence-corrected chi connectivity index (χ0v) is 11.2. The smallest absolute Gasteiger partial charge is 0.0406 e. The van der Waals surface area contributed by atoms with E-state index in [1.807, 2.05) is 12.1 Å². The molecule has 2 heteroatoms. The van der Waals surface area contributed by atoms with Gasteiger partial charge in [-0.1, -0.05) is 44.5 Å². The largest absolute Gasteiger partial charge is 0.314 e. The number of nitrogens with one attached hydrogen (secondary N) is 1. The van der Waals surface area contributed by atoms with Gasteiger partial charge in [0.05, 0.1) is 0 Å². The van der Waals surface area contributed by atoms with Crippen LogP contribution in [0.1, 0.15) is 32.8 Å². The molecule has 1 rings (SSSR count). The van der Waals surface area contributed by atoms with Crippen LogP contribution >= 0.6 is 11.6 Å². The maximum atomic E-state index is 5.85. The van der Waals surface area contributed by atoms with Gasteiger partial charge in [0.25, 0.3) is 0 Å². The molecule has 1 N–H and O–H groups in total. The van der Waals surface area contributed by atoms with Crippen molar-refractivity contribution in [3.05, 3.63) is 34.9 Å². The summed E-state index contributed by atoms with van der Waals surface area (Å²) in [4.78, 5) is 0. The van der Waals surface area contributed by atoms with Crippen molar-refractivity contribution in [3.63, 3.8) is 0 Å². The third kappa shape index (κ3) is 5.53. The van der Waals surface area contributed by atoms with Gasteiger partial charge in [-0.15, -0.1) is 0 Å². The molecule has 1 atom stereocenters. The van der Waals surface area contributed by atoms with Crippen LogP contribution in [0.25, 0.3) is 0 Å². The average molecular weight is 240 g/mol. The van der Waals surface area contributed by atoms with Crippen LogP contribution in [0.2, 0.25) is 5.02 Å². The molecule has 1 nitrogen and oxygen atoms in total. The van der Waals surface area contributed by atoms with Crippen LogP contribution in [0, 0.1) is 5.92 Å². The van der Waals surface area contributed by atoms with E-state index in [0.29, 0.717) is 6.04 Å². The van der Waals surface area contributed by atoms with Gasteiger partial charge in [0.2, 0.25) is 0 Å². The molecule has 0 spiro atoms. The highest BCUT2D eigenvalue weighted by Crippen LogP contribution is 2.13. The lowest BCUT2D eigenvalue weighted by Gasteiger charge is -2.14. The molecule has 0 aliphatic rings. The quantitative estimate of drug-likeness (QED) is 0.794. The van der Waals surface area contributed by atoms with Gasteiger partial charge in [-0.05, 0) is 43.0 Å². The Hall–Kier alpha value is -0.530. The Morgan fingerprint density at radius 3 is 2.31 bits per heavy atom. The fraction of sp³-hybridized carbons (Fsp3) is 0.571. The molecule has 16 heavy (non-hydrogen) atoms. The predicted octanol–water partition coefficient (Wildman–Crippen LogP) is 3.91. The molecule has 0 saturated carbocycles. The number of aryl methyl sites for hydroxylation is 1. The van der Waals surface area contributed by atoms with Crippen molar-refractivity contribution in [2.75, 3.05) is 6.54 Å². The van der Waals surface area contributed by atoms with Gasteiger partial charge in [0, 0.05) is 11.1 Å². The monoisotopic (exact) mass is 239 g/mol. The Kier molecular flexibility index (Phi) is 5.86. The Bertz CT molecular complexity index is 292. The summed E-state index contributed by atoms with van der Waals surface area (Å²) in [7, 11) is 0. The average Bonchev–Trinajstić information content (AvgIpc) is 2.25. The summed E-state index contributed by atoms with van der Waals surface area (Å²) >= 11 is 5.85. The zero-order valence-electron chi connectivity index (χ0n) is 10.5. The second-order valence-corrected chi connectivity index (χ2v) is 5.27. The minimum Gasteiger partial charge on any atom is -0.314 e. The molecule has 0 aromatic heterocycles. The number of halogens is 1. The molecular formula is C14H22ClN. The summed E-state index contributed by atoms with van der Waals surface area (Å²) in [6.45, 7) is 7.77. The van der Waals surface area contributed by atoms with Crippen LogP contribution in [-0.2, 0) is 6.42 Å². The summed E-state index contributed by atoms with van der Waals surface area (Å²) in [5.41, 5.74) is 1.38. The van der Waals surface area contributed by atoms with Crippen LogP contribution in [0.4, 0.5) is 0 Å². The van der Waals surface area contributed by atoms with E-state index in [4.69, 9.17) is 11.6 Å². The van der Waals surface area contributed by atoms with Crippen molar-refractivity contribution < 1.29 is 0 Å². The van der Waals surface area contributed by atoms with Crippen molar-refractivity contribution in [3.8, 4) is 0 Å². The first-order chi connectivity index (χ1) is 7.58. The molecule has 0 heterocycles. The van der Waals surface area contributed by atoms with Gasteiger partial charge < -0.3 is 5.32 Å². The Labute approximate surface area is 104 Å². The van der Waals surface area contributed by atoms with E-state index in [1.165, 1.54) is 12.0 Å². The molecule has 0 aliphatic heterocycles. The second-order valence-electron chi connectivity index (χ2n) is 4.83. The normalized spacial score (nSPS) is 13.1. The van der Waals surface area contributed by atoms with Gasteiger partial charge >= 0.3 is 0 Å². The van der Waals surface area contributed by atoms with E-state index in [9.17, 15) is 0 Å². The first kappa shape index (κ1) is 13.5. The lowest BCUT2D eigenvalue weighted by atomic mass is 10.0. The highest BCUT2D eigenvalue weighted by atomic mass is 35.5. The van der Waals surface area contributed by atoms with E-state index in [0.717, 1.165) is 23.9 Å². The summed E-state index contributed by atoms with van der Waals surface area (Å²) in [5, 5.41) is 4.29. The van der Waals surface area contributed by atoms with E-state index in [2.05, 4.69) is 38.2 Å². The number of hydrogen-bond acceptors (Lipinski definition) is 1. The molecule has 1 aromatic rings. The van der Waals surface area contributed by atoms with E-state index < -0.39 is 0 Å². The Morgan fingerprint density at radius 1 is 1.12 bits per heavy atom. The standard InChI is InChI=1S/C14H22ClN/c1-11(2)16-10-12(3)4-5-13-6-8-14(15)9-7-13/h6-9,11-12,16H,4-5,10H2,1-3H3. The fourth-order valence-electron chi connectivity index (χ4n) is 1.60. The summed E-state index contributed by atoms with van der Waals surface area (Å²) in [6, 6.07) is 8.75. The molecular weight excluding hydrogens is 218 g/mol. The van der Waals surface area contributed by atoms with Gasteiger partial charge in [0.15, 0.2) is 0 Å². The van der Waals surface area contributed by atoms with Crippen molar-refractivity contribution in [1.82, 2.24) is 5.32 Å². The molecule has 90 valence electrons. The first-order valence-corrected chi connectivity index (χ1v) is 6.43. The SMILES string of the molecule is CC(CCc1ccc(Cl)cc1)CNC(C)C. The van der Waals surface area contributed by atoms with Crippen LogP contribution in [-0.4, -0.2) is 12.6 Å². The van der Waals surface area contributed by atoms with Gasteiger partial charge in [-0.3, -0.25) is 0 Å². The topological polar surface area (TPSA) is 12.0 Å². The van der Waals surface area contributed by atoms with E-state index in [-0.39, 0.29) is 0 Å². The predicted molar refractivity (Wildman–Crippen MR) is 72.1 cm³/mol. The lowest BCUT2D eigenvalue weighted by Crippen LogP contribution is -2.28. The number of rotatable bonds is 6. The van der Waals surface area contributed by atoms with Crippen LogP contribution in [0.3, 0.4) is 0 Å². The Morgan fingerprint density at radius 2 is 1.75 bits per heavy atom. The highest BCUT2D eigenvalue weighted by molar-refractivity contribution is 6.30. The first-order valence-electron chi connectivity index (χ1n) is 6.05. The minimum atomic E-state index is 0.581. The third-order valence-electron chi connectivity index (χ3n) is 2.71. The molecule has 0 aliphatic carbocycles. The van der Waals surface area contributed by atoms with Gasteiger partial charge in [-0.2, -0.15) is 0 Å². The summed E-state index contributed by atoms with van der Waals surface area (Å²) in [5.74, 6) is 0.720. The summed E-state index contributed by atoms with van der Waals surface area (Å²) < 4.78 is 0. The van der Waals surface area contributed by atoms with Gasteiger partial charge in [-0.25, -0.2) is 0 Å². The summed E-state index contributed by atoms with van der Waals surface area (Å²) in [6.07, 6.45) is 2.36. The maximum Gasteiger partial charge on any atom is 0.0406 e. The molecule has 0 saturated heterocycles. The highest BCUT2D eigenvalue weighted by Gasteiger charge is 2.03. The van der Waals surface area contributed by atoms with Crippen molar-refractivity contribution in [2.45, 2.75) is 39.7 Å². The zero-order chi connectivity index (χ0) is 12.0.